The predicted octanol–water partition coefficient (Wildman–Crippen LogP) is 2.09. The smallest absolute Gasteiger partial charge is 0.333 e. The number of hydrogen-bond acceptors (Lipinski definition) is 8. The van der Waals surface area contributed by atoms with E-state index in [1.807, 2.05) is 6.92 Å². The number of rotatable bonds is 16. The molecular formula is C21H36MgO9S. The zero-order valence-corrected chi connectivity index (χ0v) is 19.4. The molecule has 0 aromatic carbocycles. The van der Waals surface area contributed by atoms with Crippen LogP contribution in [-0.2, 0) is 38.7 Å². The molecule has 0 saturated heterocycles. The third kappa shape index (κ3) is 13.9. The number of unbranched alkanes of at least 4 members (excludes halogenated alkanes) is 3. The van der Waals surface area contributed by atoms with E-state index < -0.39 is 33.4 Å². The lowest BCUT2D eigenvalue weighted by atomic mass is 9.85. The van der Waals surface area contributed by atoms with E-state index in [-0.39, 0.29) is 66.2 Å². The van der Waals surface area contributed by atoms with Crippen LogP contribution in [0.4, 0.5) is 0 Å². The monoisotopic (exact) mass is 488 g/mol. The van der Waals surface area contributed by atoms with E-state index >= 15 is 0 Å². The molecule has 0 aliphatic heterocycles. The van der Waals surface area contributed by atoms with Crippen LogP contribution in [0.3, 0.4) is 0 Å². The maximum absolute atomic E-state index is 12.9. The Morgan fingerprint density at radius 2 is 1.34 bits per heavy atom. The molecule has 0 radical (unpaired) electrons. The van der Waals surface area contributed by atoms with Gasteiger partial charge < -0.3 is 14.2 Å². The fourth-order valence-electron chi connectivity index (χ4n) is 2.60. The van der Waals surface area contributed by atoms with Crippen molar-refractivity contribution in [2.75, 3.05) is 25.6 Å². The molecule has 0 amide bonds. The van der Waals surface area contributed by atoms with Crippen molar-refractivity contribution in [3.63, 3.8) is 0 Å². The van der Waals surface area contributed by atoms with E-state index in [4.69, 9.17) is 18.8 Å². The second-order valence-electron chi connectivity index (χ2n) is 7.58. The van der Waals surface area contributed by atoms with Gasteiger partial charge in [-0.15, -0.1) is 0 Å². The minimum Gasteiger partial charge on any atom is -0.465 e. The molecule has 1 N–H and O–H groups in total. The van der Waals surface area contributed by atoms with Gasteiger partial charge in [-0.1, -0.05) is 39.3 Å². The minimum absolute atomic E-state index is 0. The van der Waals surface area contributed by atoms with Crippen LogP contribution in [0.25, 0.3) is 0 Å². The van der Waals surface area contributed by atoms with Gasteiger partial charge in [0, 0.05) is 11.1 Å². The molecule has 0 aliphatic carbocycles. The molecule has 0 aromatic heterocycles. The molecule has 0 bridgehead atoms. The van der Waals surface area contributed by atoms with Crippen molar-refractivity contribution in [3.8, 4) is 0 Å². The summed E-state index contributed by atoms with van der Waals surface area (Å²) in [5.74, 6) is -2.30. The average molecular weight is 489 g/mol. The van der Waals surface area contributed by atoms with Crippen LogP contribution in [0, 0.1) is 5.41 Å². The van der Waals surface area contributed by atoms with Gasteiger partial charge in [0.05, 0.1) is 12.4 Å². The van der Waals surface area contributed by atoms with Gasteiger partial charge in [0.2, 0.25) is 0 Å². The van der Waals surface area contributed by atoms with Gasteiger partial charge in [-0.3, -0.25) is 9.35 Å². The molecular weight excluding hydrogens is 453 g/mol. The molecule has 0 heterocycles. The first-order valence-electron chi connectivity index (χ1n) is 10.1. The topological polar surface area (TPSA) is 133 Å². The van der Waals surface area contributed by atoms with Gasteiger partial charge in [-0.25, -0.2) is 9.59 Å². The van der Waals surface area contributed by atoms with Crippen LogP contribution in [0.15, 0.2) is 24.3 Å². The first kappa shape index (κ1) is 32.7. The maximum Gasteiger partial charge on any atom is 0.333 e. The van der Waals surface area contributed by atoms with Crippen LogP contribution in [0.2, 0.25) is 0 Å². The molecule has 0 unspecified atom stereocenters. The van der Waals surface area contributed by atoms with E-state index in [1.165, 1.54) is 13.8 Å². The van der Waals surface area contributed by atoms with Crippen molar-refractivity contribution in [2.45, 2.75) is 59.3 Å². The SMILES string of the molecule is C=C(C)C(=O)OCC(CCC)(COC(=O)C(=C)C)C(=O)OCCCCCCS(=O)(=O)O.[MgH2]. The van der Waals surface area contributed by atoms with Crippen LogP contribution >= 0.6 is 0 Å². The zero-order chi connectivity index (χ0) is 24.1. The molecule has 32 heavy (non-hydrogen) atoms. The lowest BCUT2D eigenvalue weighted by Gasteiger charge is -2.30. The van der Waals surface area contributed by atoms with E-state index in [0.717, 1.165) is 0 Å². The molecule has 0 aliphatic rings. The highest BCUT2D eigenvalue weighted by molar-refractivity contribution is 7.85. The van der Waals surface area contributed by atoms with Crippen molar-refractivity contribution >= 4 is 51.1 Å². The Kier molecular flexibility index (Phi) is 16.6. The Labute approximate surface area is 206 Å². The van der Waals surface area contributed by atoms with Crippen molar-refractivity contribution in [1.82, 2.24) is 0 Å². The van der Waals surface area contributed by atoms with Crippen molar-refractivity contribution in [3.05, 3.63) is 24.3 Å². The summed E-state index contributed by atoms with van der Waals surface area (Å²) in [5.41, 5.74) is -1.03. The first-order chi connectivity index (χ1) is 14.3. The van der Waals surface area contributed by atoms with Crippen LogP contribution in [0.1, 0.15) is 59.3 Å². The maximum atomic E-state index is 12.9. The van der Waals surface area contributed by atoms with Crippen molar-refractivity contribution in [2.24, 2.45) is 5.41 Å². The molecule has 0 atom stereocenters. The van der Waals surface area contributed by atoms with Gasteiger partial charge in [-0.05, 0) is 33.1 Å². The lowest BCUT2D eigenvalue weighted by molar-refractivity contribution is -0.171. The van der Waals surface area contributed by atoms with Crippen molar-refractivity contribution in [1.29, 1.82) is 0 Å². The average Bonchev–Trinajstić information content (AvgIpc) is 2.67. The highest BCUT2D eigenvalue weighted by Gasteiger charge is 2.42. The molecule has 182 valence electrons. The normalized spacial score (nSPS) is 11.1. The molecule has 9 nitrogen and oxygen atoms in total. The summed E-state index contributed by atoms with van der Waals surface area (Å²) in [6, 6.07) is 0. The second kappa shape index (κ2) is 16.2. The summed E-state index contributed by atoms with van der Waals surface area (Å²) in [4.78, 5) is 36.6. The third-order valence-electron chi connectivity index (χ3n) is 4.35. The quantitative estimate of drug-likeness (QED) is 0.0865. The molecule has 0 saturated carbocycles. The van der Waals surface area contributed by atoms with E-state index in [1.54, 1.807) is 0 Å². The number of ether oxygens (including phenoxy) is 3. The van der Waals surface area contributed by atoms with Crippen LogP contribution in [0.5, 0.6) is 0 Å². The molecule has 0 rings (SSSR count). The highest BCUT2D eigenvalue weighted by atomic mass is 32.2. The summed E-state index contributed by atoms with van der Waals surface area (Å²) in [6.07, 6.45) is 2.73. The number of esters is 3. The number of carbonyl (C=O) groups excluding carboxylic acids is 3. The van der Waals surface area contributed by atoms with Crippen molar-refractivity contribution < 1.29 is 41.6 Å². The standard InChI is InChI=1S/C21H34O9S.Mg.2H/c1-6-11-21(14-29-18(22)16(2)3,15-30-19(23)17(4)5)20(24)28-12-9-7-8-10-13-31(25,26)27;;;/h2,4,6-15H2,1,3,5H3,(H,25,26,27);;;. The lowest BCUT2D eigenvalue weighted by Crippen LogP contribution is -2.43. The summed E-state index contributed by atoms with van der Waals surface area (Å²) in [6.45, 7) is 11.2. The van der Waals surface area contributed by atoms with Crippen LogP contribution in [-0.4, -0.2) is 79.5 Å². The van der Waals surface area contributed by atoms with E-state index in [9.17, 15) is 22.8 Å². The van der Waals surface area contributed by atoms with Crippen LogP contribution < -0.4 is 0 Å². The predicted molar refractivity (Wildman–Crippen MR) is 123 cm³/mol. The number of carbonyl (C=O) groups is 3. The third-order valence-corrected chi connectivity index (χ3v) is 5.15. The fourth-order valence-corrected chi connectivity index (χ4v) is 3.17. The Balaban J connectivity index is 0. The van der Waals surface area contributed by atoms with E-state index in [2.05, 4.69) is 13.2 Å². The zero-order valence-electron chi connectivity index (χ0n) is 18.6. The highest BCUT2D eigenvalue weighted by Crippen LogP contribution is 2.28. The number of hydrogen-bond donors (Lipinski definition) is 1. The van der Waals surface area contributed by atoms with Gasteiger partial charge in [0.25, 0.3) is 10.1 Å². The first-order valence-corrected chi connectivity index (χ1v) is 11.7. The largest absolute Gasteiger partial charge is 0.465 e. The Hall–Kier alpha value is -1.43. The molecule has 11 heteroatoms. The van der Waals surface area contributed by atoms with E-state index in [0.29, 0.717) is 32.1 Å². The van der Waals surface area contributed by atoms with Gasteiger partial charge in [-0.2, -0.15) is 8.42 Å². The van der Waals surface area contributed by atoms with Gasteiger partial charge in [0.1, 0.15) is 18.6 Å². The molecule has 0 aromatic rings. The summed E-state index contributed by atoms with van der Waals surface area (Å²) in [7, 11) is -3.98. The molecule has 0 spiro atoms. The Morgan fingerprint density at radius 1 is 0.875 bits per heavy atom. The Morgan fingerprint density at radius 3 is 1.75 bits per heavy atom. The van der Waals surface area contributed by atoms with Gasteiger partial charge in [0.15, 0.2) is 0 Å². The fraction of sp³-hybridized carbons (Fsp3) is 0.667. The summed E-state index contributed by atoms with van der Waals surface area (Å²) < 4.78 is 45.8. The summed E-state index contributed by atoms with van der Waals surface area (Å²) in [5, 5.41) is 0. The summed E-state index contributed by atoms with van der Waals surface area (Å²) >= 11 is 0. The Bertz CT molecular complexity index is 729. The second-order valence-corrected chi connectivity index (χ2v) is 9.15. The molecule has 0 fully saturated rings. The minimum atomic E-state index is -3.98. The van der Waals surface area contributed by atoms with Gasteiger partial charge >= 0.3 is 41.0 Å².